The lowest BCUT2D eigenvalue weighted by molar-refractivity contribution is 0.113. The normalized spacial score (nSPS) is 23.7. The topological polar surface area (TPSA) is 89.2 Å². The summed E-state index contributed by atoms with van der Waals surface area (Å²) in [5.74, 6) is 1.29. The molecule has 33 heavy (non-hydrogen) atoms. The Bertz CT molecular complexity index is 1100. The van der Waals surface area contributed by atoms with Crippen LogP contribution < -0.4 is 11.1 Å². The number of aromatic nitrogens is 4. The Kier molecular flexibility index (Phi) is 5.97. The minimum atomic E-state index is -0.409. The molecule has 2 fully saturated rings. The van der Waals surface area contributed by atoms with E-state index >= 15 is 0 Å². The minimum absolute atomic E-state index is 0.269. The number of nitrogens with zero attached hydrogens (tertiary/aromatic N) is 6. The molecule has 3 N–H and O–H groups in total. The van der Waals surface area contributed by atoms with E-state index in [0.717, 1.165) is 36.9 Å². The van der Waals surface area contributed by atoms with E-state index in [1.807, 2.05) is 30.3 Å². The second kappa shape index (κ2) is 9.20. The Morgan fingerprint density at radius 2 is 1.79 bits per heavy atom. The van der Waals surface area contributed by atoms with Gasteiger partial charge < -0.3 is 20.8 Å². The van der Waals surface area contributed by atoms with Crippen LogP contribution in [0.5, 0.6) is 0 Å². The largest absolute Gasteiger partial charge is 0.368 e. The van der Waals surface area contributed by atoms with Gasteiger partial charge in [-0.25, -0.2) is 11.6 Å². The maximum absolute atomic E-state index is 7.99. The molecule has 0 radical (unpaired) electrons. The van der Waals surface area contributed by atoms with E-state index < -0.39 is 5.54 Å². The summed E-state index contributed by atoms with van der Waals surface area (Å²) in [5, 5.41) is 7.63. The third-order valence-electron chi connectivity index (χ3n) is 7.08. The average Bonchev–Trinajstić information content (AvgIpc) is 3.25. The molecule has 5 rings (SSSR count). The molecule has 8 nitrogen and oxygen atoms in total. The molecule has 0 atom stereocenters. The van der Waals surface area contributed by atoms with Crippen LogP contribution in [0.4, 0.5) is 17.6 Å². The molecule has 1 aromatic carbocycles. The van der Waals surface area contributed by atoms with E-state index in [9.17, 15) is 0 Å². The van der Waals surface area contributed by atoms with Gasteiger partial charge in [0.2, 0.25) is 11.9 Å². The maximum Gasteiger partial charge on any atom is 0.257 e. The first-order valence-electron chi connectivity index (χ1n) is 11.8. The summed E-state index contributed by atoms with van der Waals surface area (Å²) in [6, 6.07) is 14.3. The van der Waals surface area contributed by atoms with Crippen LogP contribution in [-0.2, 0) is 5.54 Å². The van der Waals surface area contributed by atoms with Gasteiger partial charge in [-0.3, -0.25) is 0 Å². The van der Waals surface area contributed by atoms with Crippen LogP contribution >= 0.6 is 0 Å². The van der Waals surface area contributed by atoms with E-state index in [2.05, 4.69) is 42.3 Å². The molecule has 1 saturated heterocycles. The number of nitrogens with two attached hydrogens (primary N) is 1. The van der Waals surface area contributed by atoms with Crippen LogP contribution in [0, 0.1) is 6.57 Å². The molecule has 3 heterocycles. The van der Waals surface area contributed by atoms with Gasteiger partial charge in [0.15, 0.2) is 5.82 Å². The van der Waals surface area contributed by atoms with E-state index in [4.69, 9.17) is 12.3 Å². The zero-order valence-corrected chi connectivity index (χ0v) is 18.8. The van der Waals surface area contributed by atoms with Crippen molar-refractivity contribution in [1.29, 1.82) is 0 Å². The Morgan fingerprint density at radius 3 is 2.45 bits per heavy atom. The van der Waals surface area contributed by atoms with E-state index in [-0.39, 0.29) is 5.95 Å². The van der Waals surface area contributed by atoms with Crippen LogP contribution in [-0.4, -0.2) is 43.8 Å². The van der Waals surface area contributed by atoms with Crippen molar-refractivity contribution in [3.8, 4) is 5.82 Å². The third-order valence-corrected chi connectivity index (χ3v) is 7.08. The minimum Gasteiger partial charge on any atom is -0.368 e. The summed E-state index contributed by atoms with van der Waals surface area (Å²) in [6.07, 6.45) is 9.76. The van der Waals surface area contributed by atoms with Gasteiger partial charge in [-0.05, 0) is 75.2 Å². The third kappa shape index (κ3) is 4.41. The number of likely N-dealkylation sites (tertiary alicyclic amines) is 1. The van der Waals surface area contributed by atoms with Gasteiger partial charge in [-0.15, -0.1) is 5.10 Å². The molecule has 0 unspecified atom stereocenters. The molecule has 8 heteroatoms. The number of rotatable bonds is 5. The lowest BCUT2D eigenvalue weighted by atomic mass is 9.75. The molecular formula is C25H30N8. The molecule has 3 aromatic rings. The number of benzene rings is 1. The predicted octanol–water partition coefficient (Wildman–Crippen LogP) is 4.53. The lowest BCUT2D eigenvalue weighted by Gasteiger charge is -2.39. The van der Waals surface area contributed by atoms with Gasteiger partial charge in [0.05, 0.1) is 0 Å². The molecule has 0 amide bonds. The van der Waals surface area contributed by atoms with Crippen LogP contribution in [0.3, 0.4) is 0 Å². The fourth-order valence-electron chi connectivity index (χ4n) is 5.21. The first-order valence-corrected chi connectivity index (χ1v) is 11.8. The molecule has 0 spiro atoms. The lowest BCUT2D eigenvalue weighted by Crippen LogP contribution is -2.43. The highest BCUT2D eigenvalue weighted by Gasteiger charge is 2.44. The van der Waals surface area contributed by atoms with Crippen molar-refractivity contribution in [3.63, 3.8) is 0 Å². The van der Waals surface area contributed by atoms with Crippen molar-refractivity contribution in [2.24, 2.45) is 0 Å². The average molecular weight is 443 g/mol. The highest BCUT2D eigenvalue weighted by atomic mass is 15.4. The summed E-state index contributed by atoms with van der Waals surface area (Å²) < 4.78 is 1.51. The number of piperidine rings is 1. The molecule has 1 aliphatic carbocycles. The zero-order chi connectivity index (χ0) is 22.7. The molecule has 1 saturated carbocycles. The SMILES string of the molecule is [C-]#[N+]C1(c2ccc(Nc3nc(N)n(-c4ccccn4)n3)cc2)CCC(N2CCCCC2)CC1. The number of anilines is 3. The molecule has 2 aromatic heterocycles. The van der Waals surface area contributed by atoms with Gasteiger partial charge in [-0.1, -0.05) is 12.5 Å². The summed E-state index contributed by atoms with van der Waals surface area (Å²) in [7, 11) is 0. The maximum atomic E-state index is 7.99. The highest BCUT2D eigenvalue weighted by Crippen LogP contribution is 2.42. The number of pyridine rings is 1. The fraction of sp³-hybridized carbons (Fsp3) is 0.440. The first-order chi connectivity index (χ1) is 16.2. The van der Waals surface area contributed by atoms with E-state index in [1.165, 1.54) is 37.0 Å². The van der Waals surface area contributed by atoms with Crippen molar-refractivity contribution < 1.29 is 0 Å². The van der Waals surface area contributed by atoms with Gasteiger partial charge in [0.25, 0.3) is 5.54 Å². The summed E-state index contributed by atoms with van der Waals surface area (Å²) in [6.45, 7) is 10.4. The van der Waals surface area contributed by atoms with Crippen molar-refractivity contribution in [3.05, 3.63) is 65.6 Å². The Balaban J connectivity index is 1.26. The Morgan fingerprint density at radius 1 is 1.03 bits per heavy atom. The van der Waals surface area contributed by atoms with Crippen LogP contribution in [0.2, 0.25) is 0 Å². The summed E-state index contributed by atoms with van der Waals surface area (Å²) in [5.41, 5.74) is 7.58. The number of nitrogen functional groups attached to an aromatic ring is 1. The van der Waals surface area contributed by atoms with Crippen LogP contribution in [0.15, 0.2) is 48.7 Å². The van der Waals surface area contributed by atoms with Crippen LogP contribution in [0.25, 0.3) is 10.7 Å². The zero-order valence-electron chi connectivity index (χ0n) is 18.8. The molecule has 0 bridgehead atoms. The van der Waals surface area contributed by atoms with Gasteiger partial charge >= 0.3 is 0 Å². The standard InChI is InChI=1S/C25H30N8/c1-27-25(14-12-21(13-15-25)32-17-5-2-6-18-32)19-8-10-20(11-9-19)29-24-30-23(26)33(31-24)22-7-3-4-16-28-22/h3-4,7-11,16,21H,2,5-6,12-15,17-18H2,(H3,26,29,30,31). The van der Waals surface area contributed by atoms with Crippen molar-refractivity contribution in [2.75, 3.05) is 24.1 Å². The molecule has 170 valence electrons. The van der Waals surface area contributed by atoms with Crippen molar-refractivity contribution in [2.45, 2.75) is 56.5 Å². The van der Waals surface area contributed by atoms with Gasteiger partial charge in [-0.2, -0.15) is 9.67 Å². The highest BCUT2D eigenvalue weighted by molar-refractivity contribution is 5.55. The summed E-state index contributed by atoms with van der Waals surface area (Å²) >= 11 is 0. The monoisotopic (exact) mass is 442 g/mol. The van der Waals surface area contributed by atoms with Crippen molar-refractivity contribution >= 4 is 17.6 Å². The Hall–Kier alpha value is -3.44. The number of hydrogen-bond donors (Lipinski definition) is 2. The quantitative estimate of drug-likeness (QED) is 0.564. The van der Waals surface area contributed by atoms with Gasteiger partial charge in [0.1, 0.15) is 0 Å². The molecule has 1 aliphatic heterocycles. The smallest absolute Gasteiger partial charge is 0.257 e. The molecular weight excluding hydrogens is 412 g/mol. The first kappa shape index (κ1) is 21.4. The van der Waals surface area contributed by atoms with E-state index in [1.54, 1.807) is 6.20 Å². The van der Waals surface area contributed by atoms with Crippen LogP contribution in [0.1, 0.15) is 50.5 Å². The molecule has 2 aliphatic rings. The second-order valence-corrected chi connectivity index (χ2v) is 9.07. The van der Waals surface area contributed by atoms with E-state index in [0.29, 0.717) is 17.8 Å². The number of nitrogens with one attached hydrogen (secondary N) is 1. The summed E-state index contributed by atoms with van der Waals surface area (Å²) in [4.78, 5) is 15.4. The van der Waals surface area contributed by atoms with Gasteiger partial charge in [0, 0.05) is 36.3 Å². The Labute approximate surface area is 194 Å². The van der Waals surface area contributed by atoms with Crippen molar-refractivity contribution in [1.82, 2.24) is 24.6 Å². The predicted molar refractivity (Wildman–Crippen MR) is 129 cm³/mol. The second-order valence-electron chi connectivity index (χ2n) is 9.07. The number of hydrogen-bond acceptors (Lipinski definition) is 6. The fourth-order valence-corrected chi connectivity index (χ4v) is 5.21.